The summed E-state index contributed by atoms with van der Waals surface area (Å²) in [6.07, 6.45) is 2.20. The number of nitrogens with zero attached hydrogens (tertiary/aromatic N) is 1. The second kappa shape index (κ2) is 7.13. The number of aromatic amines is 1. The van der Waals surface area contributed by atoms with Crippen LogP contribution in [0.15, 0.2) is 30.5 Å². The monoisotopic (exact) mass is 386 g/mol. The Balaban J connectivity index is 1.45. The van der Waals surface area contributed by atoms with E-state index in [9.17, 15) is 9.59 Å². The van der Waals surface area contributed by atoms with Crippen molar-refractivity contribution in [2.75, 3.05) is 13.2 Å². The van der Waals surface area contributed by atoms with Gasteiger partial charge in [-0.3, -0.25) is 4.90 Å². The summed E-state index contributed by atoms with van der Waals surface area (Å²) in [4.78, 5) is 30.2. The maximum Gasteiger partial charge on any atom is 0.410 e. The van der Waals surface area contributed by atoms with Crippen LogP contribution in [-0.4, -0.2) is 58.9 Å². The Hall–Kier alpha value is -2.54. The topological polar surface area (TPSA) is 80.9 Å². The molecule has 1 aromatic carbocycles. The normalized spacial score (nSPS) is 24.8. The molecule has 0 saturated carbocycles. The molecule has 4 rings (SSSR count). The lowest BCUT2D eigenvalue weighted by atomic mass is 9.92. The number of esters is 1. The number of piperidine rings is 1. The van der Waals surface area contributed by atoms with E-state index in [1.165, 1.54) is 0 Å². The van der Waals surface area contributed by atoms with Crippen LogP contribution in [0.5, 0.6) is 0 Å². The molecule has 3 heterocycles. The van der Waals surface area contributed by atoms with E-state index in [-0.39, 0.29) is 30.3 Å². The number of benzene rings is 1. The number of nitrogens with one attached hydrogen (secondary N) is 1. The molecule has 1 N–H and O–H groups in total. The Morgan fingerprint density at radius 1 is 1.14 bits per heavy atom. The van der Waals surface area contributed by atoms with E-state index in [1.807, 2.05) is 45.0 Å². The molecule has 2 aliphatic rings. The summed E-state index contributed by atoms with van der Waals surface area (Å²) in [6.45, 7) is 6.42. The number of aromatic nitrogens is 1. The summed E-state index contributed by atoms with van der Waals surface area (Å²) in [5.41, 5.74) is 0.885. The van der Waals surface area contributed by atoms with Crippen LogP contribution in [0, 0.1) is 0 Å². The van der Waals surface area contributed by atoms with E-state index in [0.717, 1.165) is 10.9 Å². The Morgan fingerprint density at radius 2 is 1.82 bits per heavy atom. The molecule has 1 amide bonds. The molecule has 2 fully saturated rings. The van der Waals surface area contributed by atoms with Crippen LogP contribution in [0.25, 0.3) is 10.9 Å². The highest BCUT2D eigenvalue weighted by atomic mass is 16.6. The number of rotatable bonds is 2. The molecular weight excluding hydrogens is 360 g/mol. The quantitative estimate of drug-likeness (QED) is 0.799. The number of hydrogen-bond donors (Lipinski definition) is 1. The molecule has 7 nitrogen and oxygen atoms in total. The van der Waals surface area contributed by atoms with Gasteiger partial charge in [0.2, 0.25) is 0 Å². The minimum atomic E-state index is -0.551. The number of hydrogen-bond acceptors (Lipinski definition) is 5. The number of morpholine rings is 1. The summed E-state index contributed by atoms with van der Waals surface area (Å²) < 4.78 is 17.0. The maximum atomic E-state index is 12.7. The first-order chi connectivity index (χ1) is 13.3. The van der Waals surface area contributed by atoms with Gasteiger partial charge in [0.25, 0.3) is 0 Å². The van der Waals surface area contributed by atoms with Gasteiger partial charge in [-0.2, -0.15) is 0 Å². The lowest BCUT2D eigenvalue weighted by Gasteiger charge is -2.47. The van der Waals surface area contributed by atoms with Crippen LogP contribution in [0.3, 0.4) is 0 Å². The smallest absolute Gasteiger partial charge is 0.410 e. The van der Waals surface area contributed by atoms with Crippen molar-refractivity contribution in [1.29, 1.82) is 0 Å². The van der Waals surface area contributed by atoms with Crippen LogP contribution < -0.4 is 0 Å². The number of H-pyrrole nitrogens is 1. The van der Waals surface area contributed by atoms with Crippen LogP contribution in [0.1, 0.15) is 44.0 Å². The number of fused-ring (bicyclic) bond motifs is 3. The van der Waals surface area contributed by atoms with Gasteiger partial charge in [-0.05, 0) is 26.8 Å². The zero-order valence-electron chi connectivity index (χ0n) is 16.4. The van der Waals surface area contributed by atoms with Crippen molar-refractivity contribution in [3.63, 3.8) is 0 Å². The molecule has 150 valence electrons. The van der Waals surface area contributed by atoms with Crippen molar-refractivity contribution < 1.29 is 23.8 Å². The summed E-state index contributed by atoms with van der Waals surface area (Å²) in [5, 5.41) is 0.849. The molecular formula is C21H26N2O5. The van der Waals surface area contributed by atoms with Crippen LogP contribution >= 0.6 is 0 Å². The summed E-state index contributed by atoms with van der Waals surface area (Å²) in [6, 6.07) is 7.34. The maximum absolute atomic E-state index is 12.7. The van der Waals surface area contributed by atoms with Gasteiger partial charge in [0, 0.05) is 29.9 Å². The Labute approximate surface area is 163 Å². The van der Waals surface area contributed by atoms with Gasteiger partial charge < -0.3 is 19.2 Å². The summed E-state index contributed by atoms with van der Waals surface area (Å²) in [7, 11) is 0. The predicted molar refractivity (Wildman–Crippen MR) is 103 cm³/mol. The molecule has 2 aromatic rings. The molecule has 0 aliphatic carbocycles. The van der Waals surface area contributed by atoms with Gasteiger partial charge in [0.15, 0.2) is 0 Å². The molecule has 2 bridgehead atoms. The van der Waals surface area contributed by atoms with Crippen molar-refractivity contribution in [2.45, 2.75) is 57.4 Å². The van der Waals surface area contributed by atoms with Crippen LogP contribution in [-0.2, 0) is 14.2 Å². The number of ether oxygens (including phenoxy) is 3. The number of carbonyl (C=O) groups excluding carboxylic acids is 2. The number of amides is 1. The highest BCUT2D eigenvalue weighted by Gasteiger charge is 2.44. The molecule has 0 spiro atoms. The SMILES string of the molecule is CC(C)(C)OC(=O)N1C2COC[C@@H]1C[C@H](OC(=O)c1c[nH]c3ccccc13)C2. The van der Waals surface area contributed by atoms with Gasteiger partial charge in [0.05, 0.1) is 30.9 Å². The van der Waals surface area contributed by atoms with E-state index in [2.05, 4.69) is 4.98 Å². The standard InChI is InChI=1S/C21H26N2O5/c1-21(2,3)28-20(25)23-13-8-15(9-14(23)12-26-11-13)27-19(24)17-10-22-18-7-5-4-6-16(17)18/h4-7,10,13-15,22H,8-9,11-12H2,1-3H3/t13-,14?,15-/m0/s1. The minimum Gasteiger partial charge on any atom is -0.459 e. The van der Waals surface area contributed by atoms with Crippen LogP contribution in [0.2, 0.25) is 0 Å². The molecule has 0 radical (unpaired) electrons. The zero-order chi connectivity index (χ0) is 19.9. The van der Waals surface area contributed by atoms with E-state index in [1.54, 1.807) is 11.1 Å². The lowest BCUT2D eigenvalue weighted by molar-refractivity contribution is -0.106. The minimum absolute atomic E-state index is 0.150. The third kappa shape index (κ3) is 3.71. The van der Waals surface area contributed by atoms with Crippen molar-refractivity contribution in [1.82, 2.24) is 9.88 Å². The number of para-hydroxylation sites is 1. The fourth-order valence-electron chi connectivity index (χ4n) is 4.03. The van der Waals surface area contributed by atoms with Gasteiger partial charge in [0.1, 0.15) is 11.7 Å². The highest BCUT2D eigenvalue weighted by molar-refractivity contribution is 6.04. The molecule has 7 heteroatoms. The van der Waals surface area contributed by atoms with Crippen molar-refractivity contribution in [2.24, 2.45) is 0 Å². The van der Waals surface area contributed by atoms with E-state index in [0.29, 0.717) is 31.6 Å². The van der Waals surface area contributed by atoms with E-state index < -0.39 is 5.60 Å². The van der Waals surface area contributed by atoms with Crippen LogP contribution in [0.4, 0.5) is 4.79 Å². The summed E-state index contributed by atoms with van der Waals surface area (Å²) >= 11 is 0. The zero-order valence-corrected chi connectivity index (χ0v) is 16.4. The third-order valence-corrected chi connectivity index (χ3v) is 5.16. The molecule has 2 aliphatic heterocycles. The highest BCUT2D eigenvalue weighted by Crippen LogP contribution is 2.32. The molecule has 1 unspecified atom stereocenters. The van der Waals surface area contributed by atoms with Gasteiger partial charge >= 0.3 is 12.1 Å². The summed E-state index contributed by atoms with van der Waals surface area (Å²) in [5.74, 6) is -0.341. The first kappa shape index (κ1) is 18.8. The molecule has 3 atom stereocenters. The third-order valence-electron chi connectivity index (χ3n) is 5.16. The van der Waals surface area contributed by atoms with Crippen molar-refractivity contribution in [3.05, 3.63) is 36.0 Å². The first-order valence-corrected chi connectivity index (χ1v) is 9.68. The fourth-order valence-corrected chi connectivity index (χ4v) is 4.03. The average Bonchev–Trinajstić information content (AvgIpc) is 3.03. The Morgan fingerprint density at radius 3 is 2.50 bits per heavy atom. The van der Waals surface area contributed by atoms with Crippen molar-refractivity contribution in [3.8, 4) is 0 Å². The Kier molecular flexibility index (Phi) is 4.79. The second-order valence-electron chi connectivity index (χ2n) is 8.48. The number of carbonyl (C=O) groups is 2. The molecule has 2 saturated heterocycles. The second-order valence-corrected chi connectivity index (χ2v) is 8.48. The van der Waals surface area contributed by atoms with Gasteiger partial charge in [-0.25, -0.2) is 9.59 Å². The molecule has 28 heavy (non-hydrogen) atoms. The molecule has 1 aromatic heterocycles. The lowest BCUT2D eigenvalue weighted by Crippen LogP contribution is -2.61. The Bertz CT molecular complexity index is 870. The average molecular weight is 386 g/mol. The van der Waals surface area contributed by atoms with Crippen molar-refractivity contribution >= 4 is 23.0 Å². The van der Waals surface area contributed by atoms with Gasteiger partial charge in [-0.1, -0.05) is 18.2 Å². The first-order valence-electron chi connectivity index (χ1n) is 9.68. The van der Waals surface area contributed by atoms with Gasteiger partial charge in [-0.15, -0.1) is 0 Å². The fraction of sp³-hybridized carbons (Fsp3) is 0.524. The van der Waals surface area contributed by atoms with E-state index in [4.69, 9.17) is 14.2 Å². The predicted octanol–water partition coefficient (Wildman–Crippen LogP) is 3.49. The largest absolute Gasteiger partial charge is 0.459 e. The van der Waals surface area contributed by atoms with E-state index >= 15 is 0 Å².